The summed E-state index contributed by atoms with van der Waals surface area (Å²) < 4.78 is 11.8. The van der Waals surface area contributed by atoms with Gasteiger partial charge in [0, 0.05) is 12.5 Å². The normalized spacial score (nSPS) is 30.4. The lowest BCUT2D eigenvalue weighted by molar-refractivity contribution is -0.187. The summed E-state index contributed by atoms with van der Waals surface area (Å²) in [6, 6.07) is 0.799. The van der Waals surface area contributed by atoms with Crippen molar-refractivity contribution in [2.45, 2.75) is 95.6 Å². The molecule has 0 aromatic rings. The standard InChI is InChI=1S/C17H33NO3/c1-3-5-8-15(19)11-10-14-7-6-9-16(18-14)17(4-2)20-12-13-21-17/h14-16,18-19H,3-13H2,1-2H3/t14?,15-,16-/m0/s1. The van der Waals surface area contributed by atoms with Crippen LogP contribution >= 0.6 is 0 Å². The molecule has 21 heavy (non-hydrogen) atoms. The number of hydrogen-bond acceptors (Lipinski definition) is 4. The number of aliphatic hydroxyl groups is 1. The van der Waals surface area contributed by atoms with Gasteiger partial charge in [-0.05, 0) is 32.1 Å². The van der Waals surface area contributed by atoms with Crippen molar-refractivity contribution in [3.8, 4) is 0 Å². The van der Waals surface area contributed by atoms with Crippen LogP contribution in [-0.4, -0.2) is 42.3 Å². The van der Waals surface area contributed by atoms with E-state index in [0.29, 0.717) is 25.3 Å². The number of rotatable bonds is 8. The van der Waals surface area contributed by atoms with E-state index in [-0.39, 0.29) is 6.10 Å². The fraction of sp³-hybridized carbons (Fsp3) is 1.00. The lowest BCUT2D eigenvalue weighted by Gasteiger charge is -2.41. The molecule has 0 aromatic heterocycles. The Hall–Kier alpha value is -0.160. The highest BCUT2D eigenvalue weighted by atomic mass is 16.7. The monoisotopic (exact) mass is 299 g/mol. The van der Waals surface area contributed by atoms with Crippen LogP contribution in [0.4, 0.5) is 0 Å². The summed E-state index contributed by atoms with van der Waals surface area (Å²) in [5.41, 5.74) is 0. The van der Waals surface area contributed by atoms with Gasteiger partial charge in [-0.25, -0.2) is 0 Å². The third-order valence-electron chi connectivity index (χ3n) is 5.02. The van der Waals surface area contributed by atoms with Crippen LogP contribution in [0.1, 0.15) is 71.6 Å². The van der Waals surface area contributed by atoms with Crippen molar-refractivity contribution >= 4 is 0 Å². The molecule has 0 amide bonds. The maximum Gasteiger partial charge on any atom is 0.183 e. The molecule has 0 radical (unpaired) electrons. The Kier molecular flexibility index (Phi) is 6.93. The molecule has 4 nitrogen and oxygen atoms in total. The molecule has 2 rings (SSSR count). The molecule has 2 aliphatic rings. The Labute approximate surface area is 129 Å². The van der Waals surface area contributed by atoms with Gasteiger partial charge in [0.25, 0.3) is 0 Å². The number of hydrogen-bond donors (Lipinski definition) is 2. The lowest BCUT2D eigenvalue weighted by Crippen LogP contribution is -2.56. The highest BCUT2D eigenvalue weighted by Gasteiger charge is 2.44. The van der Waals surface area contributed by atoms with Crippen molar-refractivity contribution in [3.05, 3.63) is 0 Å². The quantitative estimate of drug-likeness (QED) is 0.723. The topological polar surface area (TPSA) is 50.7 Å². The fourth-order valence-electron chi connectivity index (χ4n) is 3.69. The summed E-state index contributed by atoms with van der Waals surface area (Å²) in [6.07, 6.45) is 9.52. The van der Waals surface area contributed by atoms with Crippen molar-refractivity contribution in [1.82, 2.24) is 5.32 Å². The zero-order valence-electron chi connectivity index (χ0n) is 13.8. The third-order valence-corrected chi connectivity index (χ3v) is 5.02. The van der Waals surface area contributed by atoms with Gasteiger partial charge in [-0.1, -0.05) is 33.1 Å². The fourth-order valence-corrected chi connectivity index (χ4v) is 3.69. The Morgan fingerprint density at radius 2 is 1.95 bits per heavy atom. The number of ether oxygens (including phenoxy) is 2. The van der Waals surface area contributed by atoms with Crippen molar-refractivity contribution in [2.75, 3.05) is 13.2 Å². The highest BCUT2D eigenvalue weighted by molar-refractivity contribution is 4.92. The first-order valence-corrected chi connectivity index (χ1v) is 8.92. The average Bonchev–Trinajstić information content (AvgIpc) is 3.01. The lowest BCUT2D eigenvalue weighted by atomic mass is 9.89. The SMILES string of the molecule is CCCC[C@H](O)CCC1CCC[C@@H](C2(CC)OCCO2)N1. The number of nitrogens with one attached hydrogen (secondary N) is 1. The minimum atomic E-state index is -0.403. The second kappa shape index (κ2) is 8.47. The molecule has 0 bridgehead atoms. The van der Waals surface area contributed by atoms with Crippen LogP contribution in [-0.2, 0) is 9.47 Å². The summed E-state index contributed by atoms with van der Waals surface area (Å²) in [5, 5.41) is 13.7. The predicted molar refractivity (Wildman–Crippen MR) is 84.3 cm³/mol. The molecule has 124 valence electrons. The maximum absolute atomic E-state index is 10.0. The molecule has 1 unspecified atom stereocenters. The molecule has 0 aliphatic carbocycles. The molecule has 2 fully saturated rings. The molecule has 4 heteroatoms. The zero-order valence-corrected chi connectivity index (χ0v) is 13.8. The van der Waals surface area contributed by atoms with Gasteiger partial charge in [-0.15, -0.1) is 0 Å². The summed E-state index contributed by atoms with van der Waals surface area (Å²) in [4.78, 5) is 0. The van der Waals surface area contributed by atoms with Gasteiger partial charge in [0.2, 0.25) is 0 Å². The summed E-state index contributed by atoms with van der Waals surface area (Å²) in [5.74, 6) is -0.403. The van der Waals surface area contributed by atoms with Crippen molar-refractivity contribution in [2.24, 2.45) is 0 Å². The van der Waals surface area contributed by atoms with Crippen molar-refractivity contribution in [1.29, 1.82) is 0 Å². The first-order chi connectivity index (χ1) is 10.2. The second-order valence-electron chi connectivity index (χ2n) is 6.58. The zero-order chi connectivity index (χ0) is 15.1. The second-order valence-corrected chi connectivity index (χ2v) is 6.58. The summed E-state index contributed by atoms with van der Waals surface area (Å²) in [6.45, 7) is 5.75. The molecule has 0 saturated carbocycles. The van der Waals surface area contributed by atoms with Crippen LogP contribution in [0.3, 0.4) is 0 Å². The molecule has 2 heterocycles. The van der Waals surface area contributed by atoms with E-state index >= 15 is 0 Å². The summed E-state index contributed by atoms with van der Waals surface area (Å²) in [7, 11) is 0. The van der Waals surface area contributed by atoms with Gasteiger partial charge in [-0.3, -0.25) is 0 Å². The number of aliphatic hydroxyl groups excluding tert-OH is 1. The highest BCUT2D eigenvalue weighted by Crippen LogP contribution is 2.33. The van der Waals surface area contributed by atoms with E-state index in [0.717, 1.165) is 44.9 Å². The molecular formula is C17H33NO3. The van der Waals surface area contributed by atoms with Crippen LogP contribution in [0.15, 0.2) is 0 Å². The van der Waals surface area contributed by atoms with Gasteiger partial charge < -0.3 is 19.9 Å². The van der Waals surface area contributed by atoms with Gasteiger partial charge in [-0.2, -0.15) is 0 Å². The van der Waals surface area contributed by atoms with E-state index in [1.165, 1.54) is 12.8 Å². The average molecular weight is 299 g/mol. The minimum absolute atomic E-state index is 0.133. The van der Waals surface area contributed by atoms with Gasteiger partial charge in [0.15, 0.2) is 5.79 Å². The molecular weight excluding hydrogens is 266 g/mol. The van der Waals surface area contributed by atoms with Crippen LogP contribution in [0.2, 0.25) is 0 Å². The van der Waals surface area contributed by atoms with Crippen LogP contribution in [0.25, 0.3) is 0 Å². The Balaban J connectivity index is 1.78. The van der Waals surface area contributed by atoms with E-state index in [2.05, 4.69) is 19.2 Å². The smallest absolute Gasteiger partial charge is 0.183 e. The predicted octanol–water partition coefficient (Wildman–Crippen LogP) is 2.98. The summed E-state index contributed by atoms with van der Waals surface area (Å²) >= 11 is 0. The molecule has 0 spiro atoms. The molecule has 2 saturated heterocycles. The first-order valence-electron chi connectivity index (χ1n) is 8.92. The van der Waals surface area contributed by atoms with Crippen molar-refractivity contribution < 1.29 is 14.6 Å². The van der Waals surface area contributed by atoms with E-state index in [1.54, 1.807) is 0 Å². The Morgan fingerprint density at radius 1 is 1.19 bits per heavy atom. The largest absolute Gasteiger partial charge is 0.393 e. The third kappa shape index (κ3) is 4.65. The van der Waals surface area contributed by atoms with E-state index in [4.69, 9.17) is 9.47 Å². The Morgan fingerprint density at radius 3 is 2.62 bits per heavy atom. The first kappa shape index (κ1) is 17.2. The number of unbranched alkanes of at least 4 members (excludes halogenated alkanes) is 1. The van der Waals surface area contributed by atoms with E-state index < -0.39 is 5.79 Å². The van der Waals surface area contributed by atoms with Crippen LogP contribution in [0, 0.1) is 0 Å². The van der Waals surface area contributed by atoms with Gasteiger partial charge in [0.05, 0.1) is 25.4 Å². The van der Waals surface area contributed by atoms with Crippen LogP contribution in [0.5, 0.6) is 0 Å². The van der Waals surface area contributed by atoms with Gasteiger partial charge in [0.1, 0.15) is 0 Å². The molecule has 3 atom stereocenters. The molecule has 2 N–H and O–H groups in total. The molecule has 2 aliphatic heterocycles. The Bertz CT molecular complexity index is 292. The number of piperidine rings is 1. The van der Waals surface area contributed by atoms with Crippen LogP contribution < -0.4 is 5.32 Å². The molecule has 0 aromatic carbocycles. The van der Waals surface area contributed by atoms with Gasteiger partial charge >= 0.3 is 0 Å². The minimum Gasteiger partial charge on any atom is -0.393 e. The van der Waals surface area contributed by atoms with E-state index in [1.807, 2.05) is 0 Å². The maximum atomic E-state index is 10.0. The van der Waals surface area contributed by atoms with E-state index in [9.17, 15) is 5.11 Å². The van der Waals surface area contributed by atoms with Crippen molar-refractivity contribution in [3.63, 3.8) is 0 Å².